The minimum absolute atomic E-state index is 0.165. The molecule has 1 aliphatic rings. The van der Waals surface area contributed by atoms with E-state index in [4.69, 9.17) is 9.84 Å². The first-order valence-electron chi connectivity index (χ1n) is 7.22. The van der Waals surface area contributed by atoms with Crippen LogP contribution in [0.3, 0.4) is 0 Å². The van der Waals surface area contributed by atoms with Crippen molar-refractivity contribution >= 4 is 12.0 Å². The molecule has 1 N–H and O–H groups in total. The van der Waals surface area contributed by atoms with Gasteiger partial charge in [0.1, 0.15) is 5.75 Å². The number of carbonyl (C=O) groups is 1. The summed E-state index contributed by atoms with van der Waals surface area (Å²) in [5.74, 6) is -0.400. The molecule has 0 radical (unpaired) electrons. The molecule has 0 fully saturated rings. The number of hydrogen-bond acceptors (Lipinski definition) is 4. The van der Waals surface area contributed by atoms with Crippen molar-refractivity contribution in [3.05, 3.63) is 44.1 Å². The van der Waals surface area contributed by atoms with Crippen molar-refractivity contribution in [2.24, 2.45) is 0 Å². The number of rotatable bonds is 5. The molecular weight excluding hydrogens is 286 g/mol. The van der Waals surface area contributed by atoms with Gasteiger partial charge in [0.2, 0.25) is 5.70 Å². The molecule has 1 aromatic carbocycles. The topological polar surface area (TPSA) is 89.7 Å². The number of nitro groups is 1. The fourth-order valence-electron chi connectivity index (χ4n) is 2.63. The van der Waals surface area contributed by atoms with Crippen LogP contribution in [-0.2, 0) is 11.2 Å². The number of benzene rings is 1. The SMILES string of the molecule is CCCC(=Cc1cc2c(c(C)c1C)OC(C(=O)O)C2)[N+](=O)[O-]. The first-order valence-corrected chi connectivity index (χ1v) is 7.22. The summed E-state index contributed by atoms with van der Waals surface area (Å²) in [6.45, 7) is 5.60. The summed E-state index contributed by atoms with van der Waals surface area (Å²) in [7, 11) is 0. The first-order chi connectivity index (χ1) is 10.3. The van der Waals surface area contributed by atoms with Gasteiger partial charge in [-0.05, 0) is 48.6 Å². The van der Waals surface area contributed by atoms with Gasteiger partial charge in [0.25, 0.3) is 0 Å². The maximum Gasteiger partial charge on any atom is 0.345 e. The van der Waals surface area contributed by atoms with E-state index in [1.807, 2.05) is 20.8 Å². The standard InChI is InChI=1S/C16H19NO5/c1-4-5-13(17(20)21)7-11-6-12-8-14(16(18)19)22-15(12)10(3)9(11)2/h6-7,14H,4-5,8H2,1-3H3,(H,18,19). The van der Waals surface area contributed by atoms with E-state index in [2.05, 4.69) is 0 Å². The van der Waals surface area contributed by atoms with Crippen molar-refractivity contribution in [3.8, 4) is 5.75 Å². The Bertz CT molecular complexity index is 663. The van der Waals surface area contributed by atoms with Gasteiger partial charge in [0.15, 0.2) is 6.10 Å². The molecule has 6 nitrogen and oxygen atoms in total. The fourth-order valence-corrected chi connectivity index (χ4v) is 2.63. The second kappa shape index (κ2) is 6.17. The Morgan fingerprint density at radius 2 is 2.18 bits per heavy atom. The first kappa shape index (κ1) is 16.0. The lowest BCUT2D eigenvalue weighted by Crippen LogP contribution is -2.24. The van der Waals surface area contributed by atoms with E-state index in [-0.39, 0.29) is 17.0 Å². The molecule has 2 rings (SSSR count). The van der Waals surface area contributed by atoms with Crippen LogP contribution in [-0.4, -0.2) is 22.1 Å². The summed E-state index contributed by atoms with van der Waals surface area (Å²) < 4.78 is 5.48. The van der Waals surface area contributed by atoms with Gasteiger partial charge < -0.3 is 9.84 Å². The van der Waals surface area contributed by atoms with Crippen LogP contribution in [0.5, 0.6) is 5.75 Å². The Labute approximate surface area is 128 Å². The highest BCUT2D eigenvalue weighted by molar-refractivity contribution is 5.76. The average Bonchev–Trinajstić information content (AvgIpc) is 2.88. The van der Waals surface area contributed by atoms with Crippen molar-refractivity contribution in [1.82, 2.24) is 0 Å². The molecule has 1 atom stereocenters. The predicted molar refractivity (Wildman–Crippen MR) is 81.6 cm³/mol. The minimum Gasteiger partial charge on any atom is -0.478 e. The zero-order valence-corrected chi connectivity index (χ0v) is 12.9. The molecule has 1 unspecified atom stereocenters. The number of carboxylic acid groups (broad SMARTS) is 1. The van der Waals surface area contributed by atoms with E-state index in [0.717, 1.165) is 22.3 Å². The van der Waals surface area contributed by atoms with E-state index in [9.17, 15) is 14.9 Å². The number of ether oxygens (including phenoxy) is 1. The van der Waals surface area contributed by atoms with Gasteiger partial charge in [-0.1, -0.05) is 6.92 Å². The third-order valence-corrected chi connectivity index (χ3v) is 3.96. The maximum atomic E-state index is 11.1. The van der Waals surface area contributed by atoms with Gasteiger partial charge in [-0.2, -0.15) is 0 Å². The monoisotopic (exact) mass is 305 g/mol. The maximum absolute atomic E-state index is 11.1. The molecule has 1 heterocycles. The van der Waals surface area contributed by atoms with Crippen LogP contribution in [0.4, 0.5) is 0 Å². The van der Waals surface area contributed by atoms with Crippen molar-refractivity contribution in [2.75, 3.05) is 0 Å². The van der Waals surface area contributed by atoms with Crippen LogP contribution in [0.1, 0.15) is 42.0 Å². The second-order valence-electron chi connectivity index (χ2n) is 5.50. The molecule has 0 aliphatic carbocycles. The number of hydrogen-bond donors (Lipinski definition) is 1. The molecule has 0 spiro atoms. The molecule has 0 saturated heterocycles. The number of allylic oxidation sites excluding steroid dienone is 1. The molecule has 0 aromatic heterocycles. The van der Waals surface area contributed by atoms with Crippen LogP contribution in [0, 0.1) is 24.0 Å². The third-order valence-electron chi connectivity index (χ3n) is 3.96. The summed E-state index contributed by atoms with van der Waals surface area (Å²) >= 11 is 0. The van der Waals surface area contributed by atoms with E-state index in [1.54, 1.807) is 12.1 Å². The largest absolute Gasteiger partial charge is 0.478 e. The average molecular weight is 305 g/mol. The quantitative estimate of drug-likeness (QED) is 0.667. The zero-order chi connectivity index (χ0) is 16.4. The highest BCUT2D eigenvalue weighted by Crippen LogP contribution is 2.36. The number of aliphatic carboxylic acids is 1. The summed E-state index contributed by atoms with van der Waals surface area (Å²) in [5.41, 5.74) is 3.43. The Morgan fingerprint density at radius 3 is 2.73 bits per heavy atom. The lowest BCUT2D eigenvalue weighted by Gasteiger charge is -2.11. The van der Waals surface area contributed by atoms with Crippen LogP contribution < -0.4 is 4.74 Å². The molecule has 0 saturated carbocycles. The third kappa shape index (κ3) is 2.95. The Hall–Kier alpha value is -2.37. The lowest BCUT2D eigenvalue weighted by atomic mass is 9.96. The Kier molecular flexibility index (Phi) is 4.49. The van der Waals surface area contributed by atoms with Crippen molar-refractivity contribution in [1.29, 1.82) is 0 Å². The Balaban J connectivity index is 2.47. The van der Waals surface area contributed by atoms with E-state index in [0.29, 0.717) is 18.6 Å². The van der Waals surface area contributed by atoms with Crippen molar-refractivity contribution in [3.63, 3.8) is 0 Å². The van der Waals surface area contributed by atoms with Gasteiger partial charge in [-0.3, -0.25) is 10.1 Å². The number of fused-ring (bicyclic) bond motifs is 1. The van der Waals surface area contributed by atoms with Crippen LogP contribution in [0.25, 0.3) is 6.08 Å². The smallest absolute Gasteiger partial charge is 0.345 e. The minimum atomic E-state index is -0.998. The normalized spacial score (nSPS) is 17.0. The predicted octanol–water partition coefficient (Wildman–Crippen LogP) is 3.11. The lowest BCUT2D eigenvalue weighted by molar-refractivity contribution is -0.426. The van der Waals surface area contributed by atoms with Crippen LogP contribution in [0.15, 0.2) is 11.8 Å². The van der Waals surface area contributed by atoms with Gasteiger partial charge in [-0.25, -0.2) is 4.79 Å². The van der Waals surface area contributed by atoms with E-state index < -0.39 is 12.1 Å². The van der Waals surface area contributed by atoms with Crippen molar-refractivity contribution < 1.29 is 19.6 Å². The van der Waals surface area contributed by atoms with Gasteiger partial charge in [0, 0.05) is 18.9 Å². The summed E-state index contributed by atoms with van der Waals surface area (Å²) in [6.07, 6.45) is 2.09. The molecule has 6 heteroatoms. The highest BCUT2D eigenvalue weighted by atomic mass is 16.6. The van der Waals surface area contributed by atoms with Gasteiger partial charge in [-0.15, -0.1) is 0 Å². The zero-order valence-electron chi connectivity index (χ0n) is 12.9. The van der Waals surface area contributed by atoms with E-state index >= 15 is 0 Å². The molecule has 22 heavy (non-hydrogen) atoms. The number of nitrogens with zero attached hydrogens (tertiary/aromatic N) is 1. The van der Waals surface area contributed by atoms with Gasteiger partial charge >= 0.3 is 5.97 Å². The summed E-state index contributed by atoms with van der Waals surface area (Å²) in [4.78, 5) is 21.8. The molecular formula is C16H19NO5. The van der Waals surface area contributed by atoms with Crippen LogP contribution in [0.2, 0.25) is 0 Å². The highest BCUT2D eigenvalue weighted by Gasteiger charge is 2.31. The summed E-state index contributed by atoms with van der Waals surface area (Å²) in [5, 5.41) is 20.2. The molecule has 0 amide bonds. The van der Waals surface area contributed by atoms with Gasteiger partial charge in [0.05, 0.1) is 4.92 Å². The number of carboxylic acids is 1. The molecule has 118 valence electrons. The molecule has 1 aromatic rings. The summed E-state index contributed by atoms with van der Waals surface area (Å²) in [6, 6.07) is 1.81. The molecule has 1 aliphatic heterocycles. The van der Waals surface area contributed by atoms with Crippen molar-refractivity contribution in [2.45, 2.75) is 46.1 Å². The fraction of sp³-hybridized carbons (Fsp3) is 0.438. The molecule has 0 bridgehead atoms. The van der Waals surface area contributed by atoms with E-state index in [1.165, 1.54) is 0 Å². The van der Waals surface area contributed by atoms with Crippen LogP contribution >= 0.6 is 0 Å². The Morgan fingerprint density at radius 1 is 1.50 bits per heavy atom. The second-order valence-corrected chi connectivity index (χ2v) is 5.50.